The van der Waals surface area contributed by atoms with E-state index < -0.39 is 17.6 Å². The van der Waals surface area contributed by atoms with Gasteiger partial charge in [-0.1, -0.05) is 28.1 Å². The standard InChI is InChI=1S/C18H15BrF3N3O/c1-25(2)16-8-15-14(7-12(16)18(20,21)22)24-17(26)9-13(23-15)10-4-3-5-11(19)6-10/h3-8H,9H2,1-2H3,(H,24,26). The van der Waals surface area contributed by atoms with Crippen LogP contribution < -0.4 is 10.2 Å². The molecular formula is C18H15BrF3N3O. The lowest BCUT2D eigenvalue weighted by atomic mass is 10.1. The third-order valence-corrected chi connectivity index (χ3v) is 4.41. The van der Waals surface area contributed by atoms with Gasteiger partial charge in [-0.3, -0.25) is 9.79 Å². The van der Waals surface area contributed by atoms with Gasteiger partial charge >= 0.3 is 6.18 Å². The Morgan fingerprint density at radius 2 is 1.92 bits per heavy atom. The summed E-state index contributed by atoms with van der Waals surface area (Å²) in [5.41, 5.74) is 0.744. The van der Waals surface area contributed by atoms with Crippen LogP contribution in [0, 0.1) is 0 Å². The molecule has 1 aliphatic heterocycles. The maximum atomic E-state index is 13.4. The van der Waals surface area contributed by atoms with E-state index in [1.807, 2.05) is 18.2 Å². The zero-order valence-corrected chi connectivity index (χ0v) is 15.6. The van der Waals surface area contributed by atoms with Crippen LogP contribution in [0.4, 0.5) is 30.2 Å². The van der Waals surface area contributed by atoms with Crippen molar-refractivity contribution in [1.82, 2.24) is 0 Å². The van der Waals surface area contributed by atoms with Gasteiger partial charge in [-0.2, -0.15) is 13.2 Å². The van der Waals surface area contributed by atoms with Crippen LogP contribution in [0.1, 0.15) is 17.5 Å². The van der Waals surface area contributed by atoms with Crippen LogP contribution in [0.2, 0.25) is 0 Å². The van der Waals surface area contributed by atoms with Gasteiger partial charge in [-0.15, -0.1) is 0 Å². The molecule has 0 aromatic heterocycles. The lowest BCUT2D eigenvalue weighted by Gasteiger charge is -2.21. The summed E-state index contributed by atoms with van der Waals surface area (Å²) in [6.45, 7) is 0. The van der Waals surface area contributed by atoms with E-state index in [2.05, 4.69) is 26.2 Å². The van der Waals surface area contributed by atoms with Crippen molar-refractivity contribution in [1.29, 1.82) is 0 Å². The van der Waals surface area contributed by atoms with Crippen molar-refractivity contribution in [2.24, 2.45) is 4.99 Å². The molecule has 1 N–H and O–H groups in total. The summed E-state index contributed by atoms with van der Waals surface area (Å²) in [7, 11) is 3.07. The highest BCUT2D eigenvalue weighted by Crippen LogP contribution is 2.42. The topological polar surface area (TPSA) is 44.7 Å². The molecule has 26 heavy (non-hydrogen) atoms. The van der Waals surface area contributed by atoms with Crippen molar-refractivity contribution in [3.63, 3.8) is 0 Å². The molecule has 0 radical (unpaired) electrons. The first-order valence-corrected chi connectivity index (χ1v) is 8.50. The maximum Gasteiger partial charge on any atom is 0.418 e. The molecular weight excluding hydrogens is 411 g/mol. The summed E-state index contributed by atoms with van der Waals surface area (Å²) in [5.74, 6) is -0.409. The molecule has 3 rings (SSSR count). The molecule has 0 aliphatic carbocycles. The van der Waals surface area contributed by atoms with Gasteiger partial charge in [0.25, 0.3) is 0 Å². The number of benzene rings is 2. The van der Waals surface area contributed by atoms with Gasteiger partial charge in [-0.25, -0.2) is 0 Å². The minimum Gasteiger partial charge on any atom is -0.377 e. The molecule has 2 aromatic rings. The number of rotatable bonds is 2. The van der Waals surface area contributed by atoms with Crippen molar-refractivity contribution in [3.8, 4) is 0 Å². The molecule has 0 unspecified atom stereocenters. The van der Waals surface area contributed by atoms with Gasteiger partial charge in [0.05, 0.1) is 34.8 Å². The Morgan fingerprint density at radius 3 is 2.54 bits per heavy atom. The van der Waals surface area contributed by atoms with Crippen LogP contribution >= 0.6 is 15.9 Å². The molecule has 1 heterocycles. The van der Waals surface area contributed by atoms with E-state index >= 15 is 0 Å². The first-order valence-electron chi connectivity index (χ1n) is 7.71. The van der Waals surface area contributed by atoms with E-state index in [1.54, 1.807) is 6.07 Å². The SMILES string of the molecule is CN(C)c1cc2c(cc1C(F)(F)F)NC(=O)CC(c1cccc(Br)c1)=N2. The normalized spacial score (nSPS) is 14.2. The number of nitrogens with zero attached hydrogens (tertiary/aromatic N) is 2. The zero-order valence-electron chi connectivity index (χ0n) is 14.0. The Bertz CT molecular complexity index is 907. The first kappa shape index (κ1) is 18.4. The van der Waals surface area contributed by atoms with Crippen molar-refractivity contribution >= 4 is 44.6 Å². The summed E-state index contributed by atoms with van der Waals surface area (Å²) in [6, 6.07) is 9.56. The number of carbonyl (C=O) groups excluding carboxylic acids is 1. The average Bonchev–Trinajstić information content (AvgIpc) is 2.70. The molecule has 0 spiro atoms. The number of hydrogen-bond acceptors (Lipinski definition) is 3. The highest BCUT2D eigenvalue weighted by Gasteiger charge is 2.35. The predicted octanol–water partition coefficient (Wildman–Crippen LogP) is 5.00. The number of amides is 1. The summed E-state index contributed by atoms with van der Waals surface area (Å²) in [5, 5.41) is 2.53. The third-order valence-electron chi connectivity index (χ3n) is 3.92. The molecule has 0 atom stereocenters. The van der Waals surface area contributed by atoms with E-state index in [4.69, 9.17) is 0 Å². The lowest BCUT2D eigenvalue weighted by molar-refractivity contribution is -0.137. The average molecular weight is 426 g/mol. The van der Waals surface area contributed by atoms with Crippen LogP contribution in [0.3, 0.4) is 0 Å². The Balaban J connectivity index is 2.20. The van der Waals surface area contributed by atoms with Gasteiger partial charge in [0.1, 0.15) is 0 Å². The highest BCUT2D eigenvalue weighted by molar-refractivity contribution is 9.10. The number of hydrogen-bond donors (Lipinski definition) is 1. The fraction of sp³-hybridized carbons (Fsp3) is 0.222. The zero-order chi connectivity index (χ0) is 19.1. The number of halogens is 4. The number of fused-ring (bicyclic) bond motifs is 1. The minimum absolute atomic E-state index is 0.00950. The van der Waals surface area contributed by atoms with Crippen LogP contribution in [-0.4, -0.2) is 25.7 Å². The molecule has 1 amide bonds. The molecule has 4 nitrogen and oxygen atoms in total. The summed E-state index contributed by atoms with van der Waals surface area (Å²) in [6.07, 6.45) is -4.56. The highest BCUT2D eigenvalue weighted by atomic mass is 79.9. The van der Waals surface area contributed by atoms with Crippen LogP contribution in [-0.2, 0) is 11.0 Å². The van der Waals surface area contributed by atoms with Crippen LogP contribution in [0.15, 0.2) is 45.9 Å². The van der Waals surface area contributed by atoms with Gasteiger partial charge < -0.3 is 10.2 Å². The number of carbonyl (C=O) groups is 1. The third kappa shape index (κ3) is 3.75. The van der Waals surface area contributed by atoms with E-state index in [9.17, 15) is 18.0 Å². The monoisotopic (exact) mass is 425 g/mol. The van der Waals surface area contributed by atoms with Crippen molar-refractivity contribution in [3.05, 3.63) is 52.0 Å². The van der Waals surface area contributed by atoms with Gasteiger partial charge in [0.2, 0.25) is 5.91 Å². The van der Waals surface area contributed by atoms with Crippen LogP contribution in [0.25, 0.3) is 0 Å². The summed E-state index contributed by atoms with van der Waals surface area (Å²) >= 11 is 3.37. The fourth-order valence-electron chi connectivity index (χ4n) is 2.73. The van der Waals surface area contributed by atoms with Gasteiger partial charge in [0, 0.05) is 18.6 Å². The molecule has 0 saturated carbocycles. The largest absolute Gasteiger partial charge is 0.418 e. The predicted molar refractivity (Wildman–Crippen MR) is 99.4 cm³/mol. The lowest BCUT2D eigenvalue weighted by Crippen LogP contribution is -2.18. The summed E-state index contributed by atoms with van der Waals surface area (Å²) < 4.78 is 41.0. The Kier molecular flexibility index (Phi) is 4.79. The van der Waals surface area contributed by atoms with E-state index in [1.165, 1.54) is 25.1 Å². The minimum atomic E-state index is -4.54. The number of alkyl halides is 3. The van der Waals surface area contributed by atoms with Crippen molar-refractivity contribution in [2.45, 2.75) is 12.6 Å². The maximum absolute atomic E-state index is 13.4. The number of aliphatic imine (C=N–C) groups is 1. The van der Waals surface area contributed by atoms with Crippen LogP contribution in [0.5, 0.6) is 0 Å². The quantitative estimate of drug-likeness (QED) is 0.735. The van der Waals surface area contributed by atoms with Gasteiger partial charge in [-0.05, 0) is 29.8 Å². The Hall–Kier alpha value is -2.35. The second kappa shape index (κ2) is 6.75. The first-order chi connectivity index (χ1) is 12.1. The summed E-state index contributed by atoms with van der Waals surface area (Å²) in [4.78, 5) is 18.1. The second-order valence-electron chi connectivity index (χ2n) is 6.07. The fourth-order valence-corrected chi connectivity index (χ4v) is 3.13. The molecule has 0 saturated heterocycles. The molecule has 1 aliphatic rings. The molecule has 136 valence electrons. The van der Waals surface area contributed by atoms with Gasteiger partial charge in [0.15, 0.2) is 0 Å². The molecule has 0 bridgehead atoms. The van der Waals surface area contributed by atoms with E-state index in [0.29, 0.717) is 11.4 Å². The Labute approximate surface area is 156 Å². The molecule has 8 heteroatoms. The Morgan fingerprint density at radius 1 is 1.19 bits per heavy atom. The number of anilines is 2. The second-order valence-corrected chi connectivity index (χ2v) is 6.99. The smallest absolute Gasteiger partial charge is 0.377 e. The molecule has 0 fully saturated rings. The van der Waals surface area contributed by atoms with Crippen molar-refractivity contribution < 1.29 is 18.0 Å². The molecule has 2 aromatic carbocycles. The van der Waals surface area contributed by atoms with E-state index in [0.717, 1.165) is 16.1 Å². The van der Waals surface area contributed by atoms with Crippen molar-refractivity contribution in [2.75, 3.05) is 24.3 Å². The number of nitrogens with one attached hydrogen (secondary N) is 1. The van der Waals surface area contributed by atoms with E-state index in [-0.39, 0.29) is 17.8 Å².